The minimum atomic E-state index is -1.31. The number of fused-ring (bicyclic) bond motifs is 3. The summed E-state index contributed by atoms with van der Waals surface area (Å²) in [6, 6.07) is 13.8. The van der Waals surface area contributed by atoms with E-state index in [9.17, 15) is 14.4 Å². The summed E-state index contributed by atoms with van der Waals surface area (Å²) in [5, 5.41) is 0.860. The van der Waals surface area contributed by atoms with Gasteiger partial charge in [0.15, 0.2) is 12.2 Å². The zero-order valence-electron chi connectivity index (χ0n) is 21.2. The topological polar surface area (TPSA) is 92.0 Å². The van der Waals surface area contributed by atoms with Gasteiger partial charge in [-0.15, -0.1) is 0 Å². The van der Waals surface area contributed by atoms with E-state index in [2.05, 4.69) is 0 Å². The van der Waals surface area contributed by atoms with Crippen molar-refractivity contribution in [2.45, 2.75) is 38.6 Å². The molecule has 0 fully saturated rings. The third kappa shape index (κ3) is 5.03. The Kier molecular flexibility index (Phi) is 7.52. The van der Waals surface area contributed by atoms with Crippen LogP contribution < -0.4 is 10.4 Å². The minimum absolute atomic E-state index is 0.000906. The van der Waals surface area contributed by atoms with E-state index in [1.807, 2.05) is 0 Å². The lowest BCUT2D eigenvalue weighted by molar-refractivity contribution is -0.122. The standard InChI is InChI=1S/C29H20Cl4O7/c1-13-12-20(34)37-24-14(13)10-11-19-21(24)25(38-27(35)15-6-4-8-17(30)22(15)32)26(29(2,3)40-19)39-28(36)16-7-5-9-18(31)23(16)33/h4-12,25-26H,1-3H3/t25-,26-/m0/s1. The molecule has 0 aliphatic carbocycles. The SMILES string of the molecule is Cc1cc(=O)oc2c3c(ccc12)OC(C)(C)[C@@H](OC(=O)c1cccc(Cl)c1Cl)[C@H]3OC(=O)c1cccc(Cl)c1Cl. The van der Waals surface area contributed by atoms with Gasteiger partial charge in [-0.1, -0.05) is 58.5 Å². The maximum absolute atomic E-state index is 13.5. The fourth-order valence-corrected chi connectivity index (χ4v) is 5.36. The highest BCUT2D eigenvalue weighted by Gasteiger charge is 2.50. The van der Waals surface area contributed by atoms with Crippen molar-refractivity contribution in [1.82, 2.24) is 0 Å². The number of hydrogen-bond donors (Lipinski definition) is 0. The number of hydrogen-bond acceptors (Lipinski definition) is 7. The normalized spacial score (nSPS) is 17.6. The Balaban J connectivity index is 1.69. The van der Waals surface area contributed by atoms with Crippen LogP contribution in [0, 0.1) is 6.92 Å². The van der Waals surface area contributed by atoms with Crippen LogP contribution in [0.5, 0.6) is 5.75 Å². The van der Waals surface area contributed by atoms with Gasteiger partial charge >= 0.3 is 17.6 Å². The highest BCUT2D eigenvalue weighted by molar-refractivity contribution is 6.44. The second-order valence-electron chi connectivity index (χ2n) is 9.66. The molecule has 2 heterocycles. The van der Waals surface area contributed by atoms with E-state index in [4.69, 9.17) is 65.0 Å². The molecule has 0 saturated heterocycles. The first-order chi connectivity index (χ1) is 18.9. The summed E-state index contributed by atoms with van der Waals surface area (Å²) < 4.78 is 23.8. The van der Waals surface area contributed by atoms with Gasteiger partial charge in [-0.25, -0.2) is 14.4 Å². The predicted molar refractivity (Wildman–Crippen MR) is 152 cm³/mol. The van der Waals surface area contributed by atoms with E-state index in [-0.39, 0.29) is 48.1 Å². The number of benzene rings is 3. The molecule has 0 unspecified atom stereocenters. The van der Waals surface area contributed by atoms with Gasteiger partial charge in [-0.3, -0.25) is 0 Å². The van der Waals surface area contributed by atoms with Crippen LogP contribution in [0.1, 0.15) is 51.8 Å². The van der Waals surface area contributed by atoms with Gasteiger partial charge in [0.2, 0.25) is 0 Å². The molecule has 0 saturated carbocycles. The number of halogens is 4. The number of carbonyl (C=O) groups is 2. The third-order valence-electron chi connectivity index (χ3n) is 6.55. The van der Waals surface area contributed by atoms with Gasteiger partial charge in [0, 0.05) is 11.5 Å². The lowest BCUT2D eigenvalue weighted by atomic mass is 9.86. The fraction of sp³-hybridized carbons (Fsp3) is 0.207. The molecule has 5 rings (SSSR count). The summed E-state index contributed by atoms with van der Waals surface area (Å²) >= 11 is 24.8. The molecule has 3 aromatic carbocycles. The van der Waals surface area contributed by atoms with Gasteiger partial charge in [0.05, 0.1) is 36.8 Å². The van der Waals surface area contributed by atoms with Crippen molar-refractivity contribution < 1.29 is 28.2 Å². The second kappa shape index (κ2) is 10.6. The molecule has 0 spiro atoms. The summed E-state index contributed by atoms with van der Waals surface area (Å²) in [5.41, 5.74) is -0.922. The highest BCUT2D eigenvalue weighted by atomic mass is 35.5. The molecule has 40 heavy (non-hydrogen) atoms. The molecule has 4 aromatic rings. The summed E-state index contributed by atoms with van der Waals surface area (Å²) in [4.78, 5) is 39.3. The smallest absolute Gasteiger partial charge is 0.340 e. The Morgan fingerprint density at radius 2 is 1.43 bits per heavy atom. The van der Waals surface area contributed by atoms with Crippen LogP contribution in [0.2, 0.25) is 20.1 Å². The molecule has 7 nitrogen and oxygen atoms in total. The van der Waals surface area contributed by atoms with Crippen LogP contribution in [-0.4, -0.2) is 23.6 Å². The third-order valence-corrected chi connectivity index (χ3v) is 8.18. The summed E-state index contributed by atoms with van der Waals surface area (Å²) in [7, 11) is 0. The van der Waals surface area contributed by atoms with Crippen molar-refractivity contribution in [1.29, 1.82) is 0 Å². The summed E-state index contributed by atoms with van der Waals surface area (Å²) in [5.74, 6) is -1.42. The molecule has 1 aromatic heterocycles. The largest absolute Gasteiger partial charge is 0.483 e. The summed E-state index contributed by atoms with van der Waals surface area (Å²) in [6.07, 6.45) is -2.56. The average molecular weight is 622 g/mol. The molecule has 0 N–H and O–H groups in total. The van der Waals surface area contributed by atoms with Crippen molar-refractivity contribution in [3.05, 3.63) is 107 Å². The van der Waals surface area contributed by atoms with E-state index in [0.717, 1.165) is 0 Å². The van der Waals surface area contributed by atoms with E-state index in [0.29, 0.717) is 10.9 Å². The van der Waals surface area contributed by atoms with Crippen LogP contribution in [0.3, 0.4) is 0 Å². The first-order valence-electron chi connectivity index (χ1n) is 12.0. The number of rotatable bonds is 4. The maximum atomic E-state index is 13.5. The first-order valence-corrected chi connectivity index (χ1v) is 13.5. The van der Waals surface area contributed by atoms with E-state index < -0.39 is 35.4 Å². The molecular weight excluding hydrogens is 602 g/mol. The lowest BCUT2D eigenvalue weighted by Gasteiger charge is -2.43. The molecule has 1 aliphatic rings. The quantitative estimate of drug-likeness (QED) is 0.168. The van der Waals surface area contributed by atoms with Crippen molar-refractivity contribution in [3.63, 3.8) is 0 Å². The van der Waals surface area contributed by atoms with Gasteiger partial charge in [0.25, 0.3) is 0 Å². The van der Waals surface area contributed by atoms with Crippen LogP contribution >= 0.6 is 46.4 Å². The second-order valence-corrected chi connectivity index (χ2v) is 11.2. The Morgan fingerprint density at radius 3 is 2.02 bits per heavy atom. The molecule has 206 valence electrons. The molecular formula is C29H20Cl4O7. The van der Waals surface area contributed by atoms with Gasteiger partial charge in [0.1, 0.15) is 16.9 Å². The Labute approximate surface area is 248 Å². The zero-order valence-corrected chi connectivity index (χ0v) is 24.2. The van der Waals surface area contributed by atoms with Crippen molar-refractivity contribution in [3.8, 4) is 5.75 Å². The Hall–Kier alpha value is -3.23. The molecule has 0 amide bonds. The van der Waals surface area contributed by atoms with Crippen molar-refractivity contribution in [2.75, 3.05) is 0 Å². The zero-order chi connectivity index (χ0) is 28.9. The van der Waals surface area contributed by atoms with Gasteiger partial charge in [-0.05, 0) is 62.7 Å². The minimum Gasteiger partial charge on any atom is -0.483 e. The first kappa shape index (κ1) is 28.3. The van der Waals surface area contributed by atoms with E-state index in [1.54, 1.807) is 45.0 Å². The monoisotopic (exact) mass is 620 g/mol. The fourth-order valence-electron chi connectivity index (χ4n) is 4.61. The van der Waals surface area contributed by atoms with E-state index in [1.165, 1.54) is 30.3 Å². The molecule has 11 heteroatoms. The number of aryl methyl sites for hydroxylation is 1. The van der Waals surface area contributed by atoms with Gasteiger partial charge < -0.3 is 18.6 Å². The van der Waals surface area contributed by atoms with Crippen molar-refractivity contribution in [2.24, 2.45) is 0 Å². The van der Waals surface area contributed by atoms with Crippen LogP contribution in [0.25, 0.3) is 11.0 Å². The highest BCUT2D eigenvalue weighted by Crippen LogP contribution is 2.47. The van der Waals surface area contributed by atoms with Crippen LogP contribution in [-0.2, 0) is 9.47 Å². The molecule has 2 atom stereocenters. The summed E-state index contributed by atoms with van der Waals surface area (Å²) in [6.45, 7) is 5.07. The molecule has 0 radical (unpaired) electrons. The van der Waals surface area contributed by atoms with Gasteiger partial charge in [-0.2, -0.15) is 0 Å². The van der Waals surface area contributed by atoms with Crippen LogP contribution in [0.15, 0.2) is 63.8 Å². The lowest BCUT2D eigenvalue weighted by Crippen LogP contribution is -2.52. The van der Waals surface area contributed by atoms with Crippen molar-refractivity contribution >= 4 is 69.3 Å². The maximum Gasteiger partial charge on any atom is 0.340 e. The predicted octanol–water partition coefficient (Wildman–Crippen LogP) is 8.01. The number of carbonyl (C=O) groups excluding carboxylic acids is 2. The average Bonchev–Trinajstić information content (AvgIpc) is 2.88. The van der Waals surface area contributed by atoms with Crippen LogP contribution in [0.4, 0.5) is 0 Å². The molecule has 0 bridgehead atoms. The Morgan fingerprint density at radius 1 is 0.850 bits per heavy atom. The number of esters is 2. The number of ether oxygens (including phenoxy) is 3. The molecule has 1 aliphatic heterocycles. The van der Waals surface area contributed by atoms with E-state index >= 15 is 0 Å². The Bertz CT molecular complexity index is 1740.